The number of benzene rings is 1. The molecule has 3 nitrogen and oxygen atoms in total. The topological polar surface area (TPSA) is 41.1 Å². The summed E-state index contributed by atoms with van der Waals surface area (Å²) in [4.78, 5) is 11.3. The second-order valence-electron chi connectivity index (χ2n) is 6.91. The van der Waals surface area contributed by atoms with E-state index in [1.54, 1.807) is 6.92 Å². The van der Waals surface area contributed by atoms with Crippen LogP contribution in [-0.2, 0) is 10.3 Å². The third-order valence-corrected chi connectivity index (χ3v) is 4.22. The summed E-state index contributed by atoms with van der Waals surface area (Å²) in [6, 6.07) is 8.41. The average Bonchev–Trinajstić information content (AvgIpc) is 3.06. The Balaban J connectivity index is 1.99. The van der Waals surface area contributed by atoms with Crippen LogP contribution in [0.15, 0.2) is 24.3 Å². The molecule has 2 rings (SSSR count). The van der Waals surface area contributed by atoms with Gasteiger partial charge in [-0.2, -0.15) is 0 Å². The van der Waals surface area contributed by atoms with Gasteiger partial charge in [-0.1, -0.05) is 23.7 Å². The Hall–Kier alpha value is -1.06. The van der Waals surface area contributed by atoms with Gasteiger partial charge in [0, 0.05) is 29.1 Å². The number of carbonyl (C=O) groups is 1. The van der Waals surface area contributed by atoms with Crippen LogP contribution >= 0.6 is 11.6 Å². The minimum absolute atomic E-state index is 0.0168. The van der Waals surface area contributed by atoms with Gasteiger partial charge in [-0.3, -0.25) is 4.79 Å². The molecule has 0 heterocycles. The van der Waals surface area contributed by atoms with Crippen molar-refractivity contribution in [3.8, 4) is 0 Å². The lowest BCUT2D eigenvalue weighted by Gasteiger charge is -2.32. The van der Waals surface area contributed by atoms with Crippen molar-refractivity contribution in [2.45, 2.75) is 64.1 Å². The molecule has 0 radical (unpaired) electrons. The van der Waals surface area contributed by atoms with E-state index in [0.717, 1.165) is 24.3 Å². The zero-order valence-corrected chi connectivity index (χ0v) is 14.1. The number of hydrogen-bond donors (Lipinski definition) is 2. The lowest BCUT2D eigenvalue weighted by Crippen LogP contribution is -2.48. The molecule has 1 aromatic carbocycles. The summed E-state index contributed by atoms with van der Waals surface area (Å²) in [5, 5.41) is 7.52. The monoisotopic (exact) mass is 308 g/mol. The fourth-order valence-corrected chi connectivity index (χ4v) is 3.43. The van der Waals surface area contributed by atoms with Crippen LogP contribution in [0, 0.1) is 0 Å². The summed E-state index contributed by atoms with van der Waals surface area (Å²) in [6.45, 7) is 7.86. The van der Waals surface area contributed by atoms with Crippen molar-refractivity contribution in [1.82, 2.24) is 10.6 Å². The predicted octanol–water partition coefficient (Wildman–Crippen LogP) is 3.61. The molecule has 21 heavy (non-hydrogen) atoms. The molecule has 1 amide bonds. The molecule has 0 aliphatic heterocycles. The van der Waals surface area contributed by atoms with Crippen LogP contribution in [0.5, 0.6) is 0 Å². The molecule has 1 aliphatic carbocycles. The van der Waals surface area contributed by atoms with E-state index >= 15 is 0 Å². The maximum atomic E-state index is 11.3. The molecule has 0 unspecified atom stereocenters. The van der Waals surface area contributed by atoms with Gasteiger partial charge >= 0.3 is 0 Å². The summed E-state index contributed by atoms with van der Waals surface area (Å²) < 4.78 is 0. The van der Waals surface area contributed by atoms with Crippen molar-refractivity contribution in [3.05, 3.63) is 34.9 Å². The third kappa shape index (κ3) is 4.45. The molecular formula is C17H25ClN2O. The molecule has 1 saturated carbocycles. The smallest absolute Gasteiger partial charge is 0.217 e. The molecule has 1 fully saturated rings. The van der Waals surface area contributed by atoms with E-state index in [1.165, 1.54) is 5.56 Å². The van der Waals surface area contributed by atoms with E-state index in [4.69, 9.17) is 11.6 Å². The van der Waals surface area contributed by atoms with Gasteiger partial charge in [0.25, 0.3) is 0 Å². The first-order valence-electron chi connectivity index (χ1n) is 7.55. The Morgan fingerprint density at radius 1 is 1.43 bits per heavy atom. The molecule has 1 aliphatic rings. The highest BCUT2D eigenvalue weighted by Crippen LogP contribution is 2.46. The van der Waals surface area contributed by atoms with E-state index in [9.17, 15) is 4.79 Å². The van der Waals surface area contributed by atoms with Crippen molar-refractivity contribution in [2.24, 2.45) is 0 Å². The van der Waals surface area contributed by atoms with Crippen LogP contribution in [0.4, 0.5) is 0 Å². The predicted molar refractivity (Wildman–Crippen MR) is 87.5 cm³/mol. The second-order valence-corrected chi connectivity index (χ2v) is 7.34. The van der Waals surface area contributed by atoms with E-state index in [-0.39, 0.29) is 17.0 Å². The SMILES string of the molecule is CC(=O)NC(C)(C)C[C@@H](C)NC1(c2cccc(Cl)c2)CC1. The summed E-state index contributed by atoms with van der Waals surface area (Å²) in [6.07, 6.45) is 3.16. The van der Waals surface area contributed by atoms with Crippen molar-refractivity contribution in [2.75, 3.05) is 0 Å². The number of rotatable bonds is 6. The molecule has 116 valence electrons. The Bertz CT molecular complexity index is 523. The van der Waals surface area contributed by atoms with Gasteiger partial charge in [-0.05, 0) is 57.7 Å². The number of carbonyl (C=O) groups excluding carboxylic acids is 1. The van der Waals surface area contributed by atoms with Crippen molar-refractivity contribution < 1.29 is 4.79 Å². The quantitative estimate of drug-likeness (QED) is 0.843. The van der Waals surface area contributed by atoms with Crippen LogP contribution in [0.1, 0.15) is 52.5 Å². The lowest BCUT2D eigenvalue weighted by molar-refractivity contribution is -0.120. The first-order chi connectivity index (χ1) is 9.72. The first-order valence-corrected chi connectivity index (χ1v) is 7.93. The van der Waals surface area contributed by atoms with E-state index in [2.05, 4.69) is 37.5 Å². The third-order valence-electron chi connectivity index (χ3n) is 3.98. The van der Waals surface area contributed by atoms with Gasteiger partial charge in [0.2, 0.25) is 5.91 Å². The fourth-order valence-electron chi connectivity index (χ4n) is 3.24. The normalized spacial score (nSPS) is 18.1. The minimum atomic E-state index is -0.206. The molecular weight excluding hydrogens is 284 g/mol. The van der Waals surface area contributed by atoms with E-state index < -0.39 is 0 Å². The number of hydrogen-bond acceptors (Lipinski definition) is 2. The van der Waals surface area contributed by atoms with Crippen LogP contribution in [0.25, 0.3) is 0 Å². The summed E-state index contributed by atoms with van der Waals surface area (Å²) in [7, 11) is 0. The fraction of sp³-hybridized carbons (Fsp3) is 0.588. The highest BCUT2D eigenvalue weighted by molar-refractivity contribution is 6.30. The van der Waals surface area contributed by atoms with Crippen molar-refractivity contribution in [1.29, 1.82) is 0 Å². The zero-order chi connectivity index (χ0) is 15.7. The van der Waals surface area contributed by atoms with Gasteiger partial charge in [-0.15, -0.1) is 0 Å². The molecule has 1 atom stereocenters. The molecule has 0 spiro atoms. The first kappa shape index (κ1) is 16.3. The summed E-state index contributed by atoms with van der Waals surface area (Å²) in [5.41, 5.74) is 1.12. The Morgan fingerprint density at radius 3 is 2.62 bits per heavy atom. The van der Waals surface area contributed by atoms with Gasteiger partial charge in [0.05, 0.1) is 0 Å². The van der Waals surface area contributed by atoms with Crippen LogP contribution < -0.4 is 10.6 Å². The summed E-state index contributed by atoms with van der Waals surface area (Å²) in [5.74, 6) is 0.0168. The second kappa shape index (κ2) is 5.98. The molecule has 0 bridgehead atoms. The Morgan fingerprint density at radius 2 is 2.10 bits per heavy atom. The van der Waals surface area contributed by atoms with Gasteiger partial charge in [0.1, 0.15) is 0 Å². The van der Waals surface area contributed by atoms with Crippen molar-refractivity contribution >= 4 is 17.5 Å². The van der Waals surface area contributed by atoms with Gasteiger partial charge in [-0.25, -0.2) is 0 Å². The highest BCUT2D eigenvalue weighted by atomic mass is 35.5. The van der Waals surface area contributed by atoms with Gasteiger partial charge in [0.15, 0.2) is 0 Å². The molecule has 4 heteroatoms. The molecule has 1 aromatic rings. The Kier molecular flexibility index (Phi) is 4.64. The number of amides is 1. The van der Waals surface area contributed by atoms with Crippen LogP contribution in [-0.4, -0.2) is 17.5 Å². The standard InChI is InChI=1S/C17H25ClN2O/c1-12(11-16(3,4)20-13(2)21)19-17(8-9-17)14-6-5-7-15(18)10-14/h5-7,10,12,19H,8-9,11H2,1-4H3,(H,20,21)/t12-/m1/s1. The summed E-state index contributed by atoms with van der Waals surface area (Å²) >= 11 is 6.10. The Labute approximate surface area is 132 Å². The van der Waals surface area contributed by atoms with E-state index in [1.807, 2.05) is 18.2 Å². The van der Waals surface area contributed by atoms with Crippen LogP contribution in [0.3, 0.4) is 0 Å². The maximum absolute atomic E-state index is 11.3. The van der Waals surface area contributed by atoms with Gasteiger partial charge < -0.3 is 10.6 Å². The number of nitrogens with one attached hydrogen (secondary N) is 2. The highest BCUT2D eigenvalue weighted by Gasteiger charge is 2.45. The van der Waals surface area contributed by atoms with E-state index in [0.29, 0.717) is 6.04 Å². The van der Waals surface area contributed by atoms with Crippen LogP contribution in [0.2, 0.25) is 5.02 Å². The zero-order valence-electron chi connectivity index (χ0n) is 13.3. The molecule has 0 aromatic heterocycles. The lowest BCUT2D eigenvalue weighted by atomic mass is 9.94. The minimum Gasteiger partial charge on any atom is -0.351 e. The number of halogens is 1. The van der Waals surface area contributed by atoms with Crippen molar-refractivity contribution in [3.63, 3.8) is 0 Å². The largest absolute Gasteiger partial charge is 0.351 e. The molecule has 0 saturated heterocycles. The average molecular weight is 309 g/mol. The molecule has 2 N–H and O–H groups in total. The maximum Gasteiger partial charge on any atom is 0.217 e.